The van der Waals surface area contributed by atoms with Gasteiger partial charge in [0.1, 0.15) is 0 Å². The molecule has 1 aromatic carbocycles. The SMILES string of the molecule is CC(=O)NNC(=O)c1ccccc1C. The second kappa shape index (κ2) is 4.41. The summed E-state index contributed by atoms with van der Waals surface area (Å²) in [6.07, 6.45) is 0. The van der Waals surface area contributed by atoms with Crippen LogP contribution in [0, 0.1) is 6.92 Å². The molecule has 14 heavy (non-hydrogen) atoms. The van der Waals surface area contributed by atoms with Crippen LogP contribution in [0.15, 0.2) is 24.3 Å². The smallest absolute Gasteiger partial charge is 0.269 e. The van der Waals surface area contributed by atoms with E-state index in [-0.39, 0.29) is 11.8 Å². The highest BCUT2D eigenvalue weighted by atomic mass is 16.2. The zero-order valence-corrected chi connectivity index (χ0v) is 8.13. The van der Waals surface area contributed by atoms with Gasteiger partial charge in [0.05, 0.1) is 0 Å². The van der Waals surface area contributed by atoms with Gasteiger partial charge in [0, 0.05) is 12.5 Å². The Hall–Kier alpha value is -1.84. The Morgan fingerprint density at radius 2 is 1.79 bits per heavy atom. The maximum Gasteiger partial charge on any atom is 0.269 e. The predicted molar refractivity (Wildman–Crippen MR) is 52.5 cm³/mol. The maximum absolute atomic E-state index is 11.4. The van der Waals surface area contributed by atoms with Gasteiger partial charge in [-0.15, -0.1) is 0 Å². The summed E-state index contributed by atoms with van der Waals surface area (Å²) in [4.78, 5) is 22.0. The molecule has 0 saturated carbocycles. The molecule has 0 unspecified atom stereocenters. The van der Waals surface area contributed by atoms with E-state index in [1.807, 2.05) is 19.1 Å². The highest BCUT2D eigenvalue weighted by molar-refractivity contribution is 5.96. The summed E-state index contributed by atoms with van der Waals surface area (Å²) in [5, 5.41) is 0. The molecule has 0 radical (unpaired) electrons. The first-order valence-corrected chi connectivity index (χ1v) is 4.24. The second-order valence-electron chi connectivity index (χ2n) is 2.95. The van der Waals surface area contributed by atoms with Crippen molar-refractivity contribution in [3.05, 3.63) is 35.4 Å². The zero-order chi connectivity index (χ0) is 10.6. The van der Waals surface area contributed by atoms with Gasteiger partial charge in [0.2, 0.25) is 5.91 Å². The molecule has 0 fully saturated rings. The molecule has 0 aliphatic rings. The van der Waals surface area contributed by atoms with E-state index in [9.17, 15) is 9.59 Å². The number of aryl methyl sites for hydroxylation is 1. The third-order valence-corrected chi connectivity index (χ3v) is 1.74. The number of hydrogen-bond donors (Lipinski definition) is 2. The van der Waals surface area contributed by atoms with Crippen LogP contribution in [0.3, 0.4) is 0 Å². The van der Waals surface area contributed by atoms with E-state index in [4.69, 9.17) is 0 Å². The number of carbonyl (C=O) groups excluding carboxylic acids is 2. The van der Waals surface area contributed by atoms with Crippen LogP contribution in [-0.2, 0) is 4.79 Å². The molecule has 1 aromatic rings. The molecule has 0 heterocycles. The molecule has 0 aliphatic heterocycles. The highest BCUT2D eigenvalue weighted by Gasteiger charge is 2.07. The van der Waals surface area contributed by atoms with Gasteiger partial charge in [-0.2, -0.15) is 0 Å². The lowest BCUT2D eigenvalue weighted by Gasteiger charge is -2.06. The number of carbonyl (C=O) groups is 2. The van der Waals surface area contributed by atoms with Gasteiger partial charge < -0.3 is 0 Å². The molecule has 4 heteroatoms. The minimum atomic E-state index is -0.307. The van der Waals surface area contributed by atoms with Crippen molar-refractivity contribution in [1.29, 1.82) is 0 Å². The average Bonchev–Trinajstić information content (AvgIpc) is 2.15. The third-order valence-electron chi connectivity index (χ3n) is 1.74. The monoisotopic (exact) mass is 192 g/mol. The Bertz CT molecular complexity index is 361. The van der Waals surface area contributed by atoms with E-state index in [1.165, 1.54) is 6.92 Å². The quantitative estimate of drug-likeness (QED) is 0.646. The van der Waals surface area contributed by atoms with Gasteiger partial charge in [-0.05, 0) is 18.6 Å². The lowest BCUT2D eigenvalue weighted by Crippen LogP contribution is -2.40. The minimum Gasteiger partial charge on any atom is -0.274 e. The van der Waals surface area contributed by atoms with Crippen LogP contribution in [0.1, 0.15) is 22.8 Å². The van der Waals surface area contributed by atoms with Crippen LogP contribution in [0.2, 0.25) is 0 Å². The van der Waals surface area contributed by atoms with Crippen LogP contribution in [0.4, 0.5) is 0 Å². The molecule has 0 bridgehead atoms. The first-order valence-electron chi connectivity index (χ1n) is 4.24. The number of amides is 2. The molecule has 0 spiro atoms. The van der Waals surface area contributed by atoms with Crippen molar-refractivity contribution in [2.75, 3.05) is 0 Å². The topological polar surface area (TPSA) is 58.2 Å². The lowest BCUT2D eigenvalue weighted by atomic mass is 10.1. The average molecular weight is 192 g/mol. The molecule has 0 aromatic heterocycles. The van der Waals surface area contributed by atoms with Gasteiger partial charge in [-0.1, -0.05) is 18.2 Å². The van der Waals surface area contributed by atoms with Gasteiger partial charge >= 0.3 is 0 Å². The van der Waals surface area contributed by atoms with Gasteiger partial charge in [0.25, 0.3) is 5.91 Å². The van der Waals surface area contributed by atoms with Crippen molar-refractivity contribution < 1.29 is 9.59 Å². The van der Waals surface area contributed by atoms with Crippen molar-refractivity contribution in [3.63, 3.8) is 0 Å². The van der Waals surface area contributed by atoms with Crippen LogP contribution < -0.4 is 10.9 Å². The van der Waals surface area contributed by atoms with Crippen LogP contribution in [0.5, 0.6) is 0 Å². The fourth-order valence-electron chi connectivity index (χ4n) is 1.04. The molecule has 0 atom stereocenters. The van der Waals surface area contributed by atoms with Crippen molar-refractivity contribution in [3.8, 4) is 0 Å². The molecule has 1 rings (SSSR count). The molecule has 4 nitrogen and oxygen atoms in total. The zero-order valence-electron chi connectivity index (χ0n) is 8.13. The second-order valence-corrected chi connectivity index (χ2v) is 2.95. The first-order chi connectivity index (χ1) is 6.61. The summed E-state index contributed by atoms with van der Waals surface area (Å²) < 4.78 is 0. The molecule has 2 N–H and O–H groups in total. The molecular formula is C10H12N2O2. The molecule has 2 amide bonds. The Kier molecular flexibility index (Phi) is 3.23. The van der Waals surface area contributed by atoms with Crippen molar-refractivity contribution in [2.24, 2.45) is 0 Å². The highest BCUT2D eigenvalue weighted by Crippen LogP contribution is 2.05. The minimum absolute atomic E-state index is 0.299. The van der Waals surface area contributed by atoms with E-state index in [0.717, 1.165) is 5.56 Å². The van der Waals surface area contributed by atoms with Crippen LogP contribution >= 0.6 is 0 Å². The molecular weight excluding hydrogens is 180 g/mol. The summed E-state index contributed by atoms with van der Waals surface area (Å²) in [7, 11) is 0. The Morgan fingerprint density at radius 1 is 1.14 bits per heavy atom. The molecule has 0 aliphatic carbocycles. The van der Waals surface area contributed by atoms with Crippen molar-refractivity contribution >= 4 is 11.8 Å². The van der Waals surface area contributed by atoms with E-state index in [0.29, 0.717) is 5.56 Å². The molecule has 74 valence electrons. The lowest BCUT2D eigenvalue weighted by molar-refractivity contribution is -0.119. The fraction of sp³-hybridized carbons (Fsp3) is 0.200. The van der Waals surface area contributed by atoms with Crippen LogP contribution in [0.25, 0.3) is 0 Å². The van der Waals surface area contributed by atoms with Gasteiger partial charge in [-0.3, -0.25) is 20.4 Å². The summed E-state index contributed by atoms with van der Waals surface area (Å²) >= 11 is 0. The normalized spacial score (nSPS) is 9.29. The summed E-state index contributed by atoms with van der Waals surface area (Å²) in [6, 6.07) is 7.16. The van der Waals surface area contributed by atoms with E-state index >= 15 is 0 Å². The predicted octanol–water partition coefficient (Wildman–Crippen LogP) is 0.776. The summed E-state index contributed by atoms with van der Waals surface area (Å²) in [5.41, 5.74) is 5.96. The van der Waals surface area contributed by atoms with E-state index < -0.39 is 0 Å². The number of hydrogen-bond acceptors (Lipinski definition) is 2. The van der Waals surface area contributed by atoms with Gasteiger partial charge in [-0.25, -0.2) is 0 Å². The Labute approximate surface area is 82.3 Å². The number of rotatable bonds is 1. The number of benzene rings is 1. The van der Waals surface area contributed by atoms with Crippen molar-refractivity contribution in [2.45, 2.75) is 13.8 Å². The Balaban J connectivity index is 2.70. The maximum atomic E-state index is 11.4. The van der Waals surface area contributed by atoms with E-state index in [1.54, 1.807) is 12.1 Å². The number of nitrogens with one attached hydrogen (secondary N) is 2. The summed E-state index contributed by atoms with van der Waals surface area (Å²) in [5.74, 6) is -0.606. The fourth-order valence-corrected chi connectivity index (χ4v) is 1.04. The first kappa shape index (κ1) is 10.2. The van der Waals surface area contributed by atoms with Crippen LogP contribution in [-0.4, -0.2) is 11.8 Å². The van der Waals surface area contributed by atoms with Crippen molar-refractivity contribution in [1.82, 2.24) is 10.9 Å². The van der Waals surface area contributed by atoms with Gasteiger partial charge in [0.15, 0.2) is 0 Å². The summed E-state index contributed by atoms with van der Waals surface area (Å²) in [6.45, 7) is 3.17. The standard InChI is InChI=1S/C10H12N2O2/c1-7-5-3-4-6-9(7)10(14)12-11-8(2)13/h3-6H,1-2H3,(H,11,13)(H,12,14). The Morgan fingerprint density at radius 3 is 2.36 bits per heavy atom. The number of hydrazine groups is 1. The molecule has 0 saturated heterocycles. The third kappa shape index (κ3) is 2.58. The van der Waals surface area contributed by atoms with E-state index in [2.05, 4.69) is 10.9 Å². The largest absolute Gasteiger partial charge is 0.274 e.